The Hall–Kier alpha value is -2.00. The van der Waals surface area contributed by atoms with E-state index >= 15 is 0 Å². The predicted molar refractivity (Wildman–Crippen MR) is 97.8 cm³/mol. The maximum atomic E-state index is 12.2. The van der Waals surface area contributed by atoms with Crippen molar-refractivity contribution >= 4 is 23.2 Å². The molecule has 3 rings (SSSR count). The molecule has 0 bridgehead atoms. The van der Waals surface area contributed by atoms with Crippen molar-refractivity contribution in [3.05, 3.63) is 53.6 Å². The van der Waals surface area contributed by atoms with E-state index in [1.807, 2.05) is 36.4 Å². The topological polar surface area (TPSA) is 38.3 Å². The number of carbonyl (C=O) groups excluding carboxylic acids is 1. The number of nitrogens with one attached hydrogen (secondary N) is 1. The average Bonchev–Trinajstić information content (AvgIpc) is 3.10. The van der Waals surface area contributed by atoms with Crippen molar-refractivity contribution in [1.82, 2.24) is 0 Å². The van der Waals surface area contributed by atoms with E-state index in [2.05, 4.69) is 5.32 Å². The Morgan fingerprint density at radius 2 is 1.71 bits per heavy atom. The molecule has 126 valence electrons. The normalized spacial score (nSPS) is 14.5. The molecule has 1 aliphatic carbocycles. The van der Waals surface area contributed by atoms with E-state index in [4.69, 9.17) is 16.3 Å². The van der Waals surface area contributed by atoms with E-state index in [9.17, 15) is 4.79 Å². The quantitative estimate of drug-likeness (QED) is 0.694. The molecule has 1 saturated carbocycles. The van der Waals surface area contributed by atoms with Crippen LogP contribution in [0.4, 0.5) is 5.69 Å². The SMILES string of the molecule is O=C(CCC1CCCC1)Nc1ccccc1Oc1ccccc1Cl. The van der Waals surface area contributed by atoms with Crippen LogP contribution in [0.3, 0.4) is 0 Å². The van der Waals surface area contributed by atoms with Gasteiger partial charge in [-0.2, -0.15) is 0 Å². The molecule has 1 amide bonds. The molecule has 0 aliphatic heterocycles. The second-order valence-corrected chi connectivity index (χ2v) is 6.67. The number of ether oxygens (including phenoxy) is 1. The van der Waals surface area contributed by atoms with Crippen LogP contribution in [-0.2, 0) is 4.79 Å². The Morgan fingerprint density at radius 1 is 1.04 bits per heavy atom. The summed E-state index contributed by atoms with van der Waals surface area (Å²) in [5.41, 5.74) is 0.675. The number of halogens is 1. The number of anilines is 1. The molecule has 2 aromatic rings. The van der Waals surface area contributed by atoms with Crippen molar-refractivity contribution in [1.29, 1.82) is 0 Å². The second-order valence-electron chi connectivity index (χ2n) is 6.27. The van der Waals surface area contributed by atoms with Crippen LogP contribution in [-0.4, -0.2) is 5.91 Å². The highest BCUT2D eigenvalue weighted by molar-refractivity contribution is 6.32. The van der Waals surface area contributed by atoms with Gasteiger partial charge in [0.1, 0.15) is 5.75 Å². The first-order chi connectivity index (χ1) is 11.7. The summed E-state index contributed by atoms with van der Waals surface area (Å²) in [4.78, 5) is 12.2. The summed E-state index contributed by atoms with van der Waals surface area (Å²) in [5, 5.41) is 3.51. The fourth-order valence-corrected chi connectivity index (χ4v) is 3.33. The monoisotopic (exact) mass is 343 g/mol. The predicted octanol–water partition coefficient (Wildman–Crippen LogP) is 6.04. The molecule has 0 atom stereocenters. The second kappa shape index (κ2) is 8.20. The third kappa shape index (κ3) is 4.51. The molecule has 4 heteroatoms. The van der Waals surface area contributed by atoms with Crippen molar-refractivity contribution in [2.45, 2.75) is 38.5 Å². The van der Waals surface area contributed by atoms with Crippen LogP contribution in [0, 0.1) is 5.92 Å². The van der Waals surface area contributed by atoms with Gasteiger partial charge in [0.15, 0.2) is 5.75 Å². The lowest BCUT2D eigenvalue weighted by molar-refractivity contribution is -0.116. The summed E-state index contributed by atoms with van der Waals surface area (Å²) in [6.07, 6.45) is 6.67. The molecule has 0 radical (unpaired) electrons. The van der Waals surface area contributed by atoms with Crippen molar-refractivity contribution < 1.29 is 9.53 Å². The molecule has 1 fully saturated rings. The fourth-order valence-electron chi connectivity index (χ4n) is 3.15. The molecule has 24 heavy (non-hydrogen) atoms. The highest BCUT2D eigenvalue weighted by Crippen LogP contribution is 2.34. The van der Waals surface area contributed by atoms with Gasteiger partial charge < -0.3 is 10.1 Å². The lowest BCUT2D eigenvalue weighted by atomic mass is 10.0. The highest BCUT2D eigenvalue weighted by atomic mass is 35.5. The summed E-state index contributed by atoms with van der Waals surface area (Å²) in [6, 6.07) is 14.7. The van der Waals surface area contributed by atoms with Gasteiger partial charge in [0, 0.05) is 6.42 Å². The van der Waals surface area contributed by atoms with E-state index in [-0.39, 0.29) is 5.91 Å². The smallest absolute Gasteiger partial charge is 0.224 e. The minimum atomic E-state index is 0.0390. The molecular formula is C20H22ClNO2. The van der Waals surface area contributed by atoms with E-state index in [0.717, 1.165) is 6.42 Å². The zero-order chi connectivity index (χ0) is 16.8. The Labute approximate surface area is 148 Å². The van der Waals surface area contributed by atoms with Crippen molar-refractivity contribution in [3.8, 4) is 11.5 Å². The largest absolute Gasteiger partial charge is 0.454 e. The van der Waals surface area contributed by atoms with Crippen LogP contribution in [0.5, 0.6) is 11.5 Å². The summed E-state index contributed by atoms with van der Waals surface area (Å²) in [6.45, 7) is 0. The van der Waals surface area contributed by atoms with Gasteiger partial charge >= 0.3 is 0 Å². The Kier molecular flexibility index (Phi) is 5.76. The van der Waals surface area contributed by atoms with Crippen LogP contribution in [0.1, 0.15) is 38.5 Å². The first kappa shape index (κ1) is 16.8. The molecule has 1 N–H and O–H groups in total. The van der Waals surface area contributed by atoms with Gasteiger partial charge in [-0.25, -0.2) is 0 Å². The molecule has 0 saturated heterocycles. The van der Waals surface area contributed by atoms with Crippen LogP contribution < -0.4 is 10.1 Å². The third-order valence-corrected chi connectivity index (χ3v) is 4.78. The summed E-state index contributed by atoms with van der Waals surface area (Å²) in [7, 11) is 0. The number of para-hydroxylation sites is 3. The first-order valence-corrected chi connectivity index (χ1v) is 8.91. The zero-order valence-electron chi connectivity index (χ0n) is 13.6. The minimum Gasteiger partial charge on any atom is -0.454 e. The van der Waals surface area contributed by atoms with Crippen LogP contribution in [0.25, 0.3) is 0 Å². The summed E-state index contributed by atoms with van der Waals surface area (Å²) in [5.74, 6) is 1.93. The highest BCUT2D eigenvalue weighted by Gasteiger charge is 2.17. The maximum absolute atomic E-state index is 12.2. The van der Waals surface area contributed by atoms with Crippen LogP contribution in [0.2, 0.25) is 5.02 Å². The maximum Gasteiger partial charge on any atom is 0.224 e. The average molecular weight is 344 g/mol. The summed E-state index contributed by atoms with van der Waals surface area (Å²) >= 11 is 6.14. The Bertz CT molecular complexity index is 696. The van der Waals surface area contributed by atoms with Gasteiger partial charge in [-0.1, -0.05) is 61.5 Å². The molecule has 0 aromatic heterocycles. The first-order valence-electron chi connectivity index (χ1n) is 8.53. The number of rotatable bonds is 6. The van der Waals surface area contributed by atoms with Gasteiger partial charge in [0.25, 0.3) is 0 Å². The zero-order valence-corrected chi connectivity index (χ0v) is 14.4. The molecule has 2 aromatic carbocycles. The van der Waals surface area contributed by atoms with E-state index in [1.165, 1.54) is 25.7 Å². The van der Waals surface area contributed by atoms with Gasteiger partial charge in [0.2, 0.25) is 5.91 Å². The van der Waals surface area contributed by atoms with Crippen molar-refractivity contribution in [2.24, 2.45) is 5.92 Å². The van der Waals surface area contributed by atoms with Gasteiger partial charge in [-0.05, 0) is 36.6 Å². The molecule has 3 nitrogen and oxygen atoms in total. The molecule has 0 heterocycles. The van der Waals surface area contributed by atoms with Gasteiger partial charge in [0.05, 0.1) is 10.7 Å². The van der Waals surface area contributed by atoms with Gasteiger partial charge in [-0.15, -0.1) is 0 Å². The van der Waals surface area contributed by atoms with Gasteiger partial charge in [-0.3, -0.25) is 4.79 Å². The number of amides is 1. The van der Waals surface area contributed by atoms with E-state index in [0.29, 0.717) is 34.5 Å². The molecule has 0 spiro atoms. The number of carbonyl (C=O) groups is 1. The lowest BCUT2D eigenvalue weighted by Crippen LogP contribution is -2.13. The third-order valence-electron chi connectivity index (χ3n) is 4.47. The van der Waals surface area contributed by atoms with Crippen LogP contribution in [0.15, 0.2) is 48.5 Å². The van der Waals surface area contributed by atoms with E-state index < -0.39 is 0 Å². The van der Waals surface area contributed by atoms with Crippen molar-refractivity contribution in [3.63, 3.8) is 0 Å². The summed E-state index contributed by atoms with van der Waals surface area (Å²) < 4.78 is 5.87. The Balaban J connectivity index is 1.63. The standard InChI is InChI=1S/C20H22ClNO2/c21-16-9-3-5-11-18(16)24-19-12-6-4-10-17(19)22-20(23)14-13-15-7-1-2-8-15/h3-6,9-12,15H,1-2,7-8,13-14H2,(H,22,23). The fraction of sp³-hybridized carbons (Fsp3) is 0.350. The van der Waals surface area contributed by atoms with Crippen LogP contribution >= 0.6 is 11.6 Å². The molecule has 1 aliphatic rings. The molecular weight excluding hydrogens is 322 g/mol. The number of hydrogen-bond acceptors (Lipinski definition) is 2. The Morgan fingerprint density at radius 3 is 2.46 bits per heavy atom. The number of benzene rings is 2. The minimum absolute atomic E-state index is 0.0390. The lowest BCUT2D eigenvalue weighted by Gasteiger charge is -2.14. The molecule has 0 unspecified atom stereocenters. The number of hydrogen-bond donors (Lipinski definition) is 1. The van der Waals surface area contributed by atoms with Crippen molar-refractivity contribution in [2.75, 3.05) is 5.32 Å². The van der Waals surface area contributed by atoms with E-state index in [1.54, 1.807) is 12.1 Å².